The molecule has 0 fully saturated rings. The van der Waals surface area contributed by atoms with Crippen LogP contribution in [0.4, 0.5) is 0 Å². The highest BCUT2D eigenvalue weighted by atomic mass is 16.4. The zero-order chi connectivity index (χ0) is 17.8. The Kier molecular flexibility index (Phi) is 11.6. The maximum Gasteiger partial charge on any atom is 0.133 e. The Balaban J connectivity index is 3.54. The van der Waals surface area contributed by atoms with Gasteiger partial charge in [-0.3, -0.25) is 0 Å². The molecule has 0 radical (unpaired) electrons. The minimum atomic E-state index is -0.957. The van der Waals surface area contributed by atoms with Crippen molar-refractivity contribution in [3.63, 3.8) is 0 Å². The predicted molar refractivity (Wildman–Crippen MR) is 97.1 cm³/mol. The standard InChI is InChI=1S/C20H41NO2/c1-6-7-8-9-10-11-12-13-14-15-16-17-18-21(4,5)20(2,3)19(22)23/h6-18H2,1-5H3. The molecule has 3 heteroatoms. The maximum atomic E-state index is 11.3. The van der Waals surface area contributed by atoms with Crippen LogP contribution in [0.15, 0.2) is 0 Å². The lowest BCUT2D eigenvalue weighted by atomic mass is 9.99. The smallest absolute Gasteiger partial charge is 0.133 e. The summed E-state index contributed by atoms with van der Waals surface area (Å²) in [6.07, 6.45) is 16.0. The first kappa shape index (κ1) is 22.4. The zero-order valence-corrected chi connectivity index (χ0v) is 16.5. The van der Waals surface area contributed by atoms with E-state index >= 15 is 0 Å². The Bertz CT molecular complexity index is 311. The second kappa shape index (κ2) is 11.9. The highest BCUT2D eigenvalue weighted by Crippen LogP contribution is 2.21. The summed E-state index contributed by atoms with van der Waals surface area (Å²) in [5.74, 6) is -0.957. The number of carboxylic acids is 1. The fourth-order valence-corrected chi connectivity index (χ4v) is 2.87. The van der Waals surface area contributed by atoms with Gasteiger partial charge in [0.2, 0.25) is 0 Å². The molecule has 0 aromatic carbocycles. The van der Waals surface area contributed by atoms with Gasteiger partial charge in [0, 0.05) is 0 Å². The van der Waals surface area contributed by atoms with Crippen molar-refractivity contribution in [2.24, 2.45) is 0 Å². The van der Waals surface area contributed by atoms with Crippen molar-refractivity contribution in [1.29, 1.82) is 0 Å². The molecule has 0 aliphatic heterocycles. The number of quaternary nitrogens is 1. The van der Waals surface area contributed by atoms with Crippen molar-refractivity contribution in [1.82, 2.24) is 0 Å². The molecule has 0 amide bonds. The van der Waals surface area contributed by atoms with E-state index in [4.69, 9.17) is 0 Å². The van der Waals surface area contributed by atoms with E-state index in [1.54, 1.807) is 13.8 Å². The van der Waals surface area contributed by atoms with Gasteiger partial charge in [0.1, 0.15) is 11.5 Å². The van der Waals surface area contributed by atoms with E-state index in [1.165, 1.54) is 70.6 Å². The predicted octanol–water partition coefficient (Wildman–Crippen LogP) is 4.29. The fraction of sp³-hybridized carbons (Fsp3) is 0.950. The van der Waals surface area contributed by atoms with Crippen LogP contribution in [0.1, 0.15) is 97.8 Å². The summed E-state index contributed by atoms with van der Waals surface area (Å²) >= 11 is 0. The first-order valence-electron chi connectivity index (χ1n) is 9.80. The van der Waals surface area contributed by atoms with E-state index < -0.39 is 11.5 Å². The number of unbranched alkanes of at least 4 members (excludes halogenated alkanes) is 11. The third-order valence-corrected chi connectivity index (χ3v) is 5.58. The maximum absolute atomic E-state index is 11.3. The number of carboxylic acid groups (broad SMARTS) is 1. The van der Waals surface area contributed by atoms with Crippen molar-refractivity contribution < 1.29 is 14.4 Å². The Morgan fingerprint density at radius 3 is 1.48 bits per heavy atom. The largest absolute Gasteiger partial charge is 0.544 e. The van der Waals surface area contributed by atoms with E-state index in [0.29, 0.717) is 4.48 Å². The van der Waals surface area contributed by atoms with Crippen LogP contribution in [0.5, 0.6) is 0 Å². The molecule has 0 bridgehead atoms. The third-order valence-electron chi connectivity index (χ3n) is 5.58. The minimum Gasteiger partial charge on any atom is -0.544 e. The van der Waals surface area contributed by atoms with Gasteiger partial charge in [0.25, 0.3) is 0 Å². The number of nitrogens with zero attached hydrogens (tertiary/aromatic N) is 1. The first-order valence-corrected chi connectivity index (χ1v) is 9.80. The van der Waals surface area contributed by atoms with Crippen molar-refractivity contribution in [2.45, 2.75) is 103 Å². The zero-order valence-electron chi connectivity index (χ0n) is 16.5. The van der Waals surface area contributed by atoms with Crippen LogP contribution >= 0.6 is 0 Å². The fourth-order valence-electron chi connectivity index (χ4n) is 2.87. The topological polar surface area (TPSA) is 40.1 Å². The van der Waals surface area contributed by atoms with Gasteiger partial charge in [-0.15, -0.1) is 0 Å². The van der Waals surface area contributed by atoms with Gasteiger partial charge >= 0.3 is 0 Å². The Labute approximate surface area is 145 Å². The summed E-state index contributed by atoms with van der Waals surface area (Å²) in [5.41, 5.74) is -0.822. The molecule has 0 saturated heterocycles. The molecule has 0 unspecified atom stereocenters. The molecular formula is C20H41NO2. The highest BCUT2D eigenvalue weighted by Gasteiger charge is 2.37. The monoisotopic (exact) mass is 327 g/mol. The Morgan fingerprint density at radius 2 is 1.13 bits per heavy atom. The van der Waals surface area contributed by atoms with Gasteiger partial charge in [-0.05, 0) is 26.7 Å². The molecule has 0 N–H and O–H groups in total. The molecule has 138 valence electrons. The van der Waals surface area contributed by atoms with Crippen LogP contribution in [0.3, 0.4) is 0 Å². The number of carbonyl (C=O) groups is 1. The molecule has 3 nitrogen and oxygen atoms in total. The van der Waals surface area contributed by atoms with Gasteiger partial charge in [0.15, 0.2) is 0 Å². The minimum absolute atomic E-state index is 0.493. The van der Waals surface area contributed by atoms with Gasteiger partial charge < -0.3 is 14.4 Å². The van der Waals surface area contributed by atoms with Gasteiger partial charge in [-0.1, -0.05) is 71.1 Å². The van der Waals surface area contributed by atoms with Gasteiger partial charge in [-0.2, -0.15) is 0 Å². The summed E-state index contributed by atoms with van der Waals surface area (Å²) in [6, 6.07) is 0. The summed E-state index contributed by atoms with van der Waals surface area (Å²) in [7, 11) is 3.99. The van der Waals surface area contributed by atoms with Gasteiger partial charge in [0.05, 0.1) is 20.6 Å². The van der Waals surface area contributed by atoms with E-state index in [0.717, 1.165) is 13.0 Å². The number of rotatable bonds is 15. The molecular weight excluding hydrogens is 286 g/mol. The van der Waals surface area contributed by atoms with Crippen molar-refractivity contribution in [2.75, 3.05) is 20.6 Å². The van der Waals surface area contributed by atoms with Crippen LogP contribution < -0.4 is 5.11 Å². The molecule has 0 atom stereocenters. The normalized spacial score (nSPS) is 12.6. The first-order chi connectivity index (χ1) is 10.8. The average Bonchev–Trinajstić information content (AvgIpc) is 2.48. The molecule has 0 saturated carbocycles. The summed E-state index contributed by atoms with van der Waals surface area (Å²) in [5, 5.41) is 11.3. The summed E-state index contributed by atoms with van der Waals surface area (Å²) in [6.45, 7) is 6.70. The number of aliphatic carboxylic acids is 1. The van der Waals surface area contributed by atoms with Crippen molar-refractivity contribution in [3.8, 4) is 0 Å². The van der Waals surface area contributed by atoms with Crippen LogP contribution in [-0.4, -0.2) is 36.6 Å². The molecule has 0 spiro atoms. The van der Waals surface area contributed by atoms with Crippen LogP contribution in [0.2, 0.25) is 0 Å². The molecule has 0 aromatic heterocycles. The van der Waals surface area contributed by atoms with Crippen LogP contribution in [-0.2, 0) is 4.79 Å². The van der Waals surface area contributed by atoms with E-state index in [1.807, 2.05) is 14.1 Å². The van der Waals surface area contributed by atoms with E-state index in [9.17, 15) is 9.90 Å². The quantitative estimate of drug-likeness (QED) is 0.332. The highest BCUT2D eigenvalue weighted by molar-refractivity contribution is 5.73. The number of hydrogen-bond donors (Lipinski definition) is 0. The number of hydrogen-bond acceptors (Lipinski definition) is 2. The van der Waals surface area contributed by atoms with Crippen LogP contribution in [0.25, 0.3) is 0 Å². The number of likely N-dealkylation sites (N-methyl/N-ethyl adjacent to an activating group) is 1. The molecule has 0 rings (SSSR count). The third kappa shape index (κ3) is 9.34. The molecule has 0 aliphatic carbocycles. The van der Waals surface area contributed by atoms with Crippen LogP contribution in [0, 0.1) is 0 Å². The lowest BCUT2D eigenvalue weighted by Crippen LogP contribution is -2.64. The van der Waals surface area contributed by atoms with Crippen molar-refractivity contribution >= 4 is 5.97 Å². The number of carbonyl (C=O) groups excluding carboxylic acids is 1. The SMILES string of the molecule is CCCCCCCCCCCCCC[N+](C)(C)C(C)(C)C(=O)[O-]. The van der Waals surface area contributed by atoms with Gasteiger partial charge in [-0.25, -0.2) is 0 Å². The lowest BCUT2D eigenvalue weighted by Gasteiger charge is -2.45. The van der Waals surface area contributed by atoms with Crippen molar-refractivity contribution in [3.05, 3.63) is 0 Å². The molecule has 0 heterocycles. The summed E-state index contributed by atoms with van der Waals surface area (Å²) < 4.78 is 0.493. The Hall–Kier alpha value is -0.570. The molecule has 0 aromatic rings. The Morgan fingerprint density at radius 1 is 0.783 bits per heavy atom. The lowest BCUT2D eigenvalue weighted by molar-refractivity contribution is -0.930. The second-order valence-electron chi connectivity index (χ2n) is 8.14. The molecule has 0 aliphatic rings. The van der Waals surface area contributed by atoms with E-state index in [2.05, 4.69) is 6.92 Å². The van der Waals surface area contributed by atoms with E-state index in [-0.39, 0.29) is 0 Å². The summed E-state index contributed by atoms with van der Waals surface area (Å²) in [4.78, 5) is 11.3. The molecule has 23 heavy (non-hydrogen) atoms. The average molecular weight is 328 g/mol. The second-order valence-corrected chi connectivity index (χ2v) is 8.14.